The zero-order chi connectivity index (χ0) is 9.90. The molecule has 1 aliphatic carbocycles. The minimum Gasteiger partial charge on any atom is -0.313 e. The Morgan fingerprint density at radius 1 is 1.46 bits per heavy atom. The summed E-state index contributed by atoms with van der Waals surface area (Å²) in [5, 5.41) is 2.86. The highest BCUT2D eigenvalue weighted by Crippen LogP contribution is 2.18. The molecule has 1 rings (SSSR count). The number of hydrogen-bond donors (Lipinski definition) is 2. The number of sulfonamides is 1. The topological polar surface area (TPSA) is 58.2 Å². The van der Waals surface area contributed by atoms with Gasteiger partial charge in [-0.1, -0.05) is 6.92 Å². The van der Waals surface area contributed by atoms with Crippen LogP contribution >= 0.6 is 0 Å². The Labute approximate surface area is 80.1 Å². The normalized spacial score (nSPS) is 20.2. The number of rotatable bonds is 6. The molecule has 1 saturated carbocycles. The van der Waals surface area contributed by atoms with Gasteiger partial charge in [0.1, 0.15) is 0 Å². The average molecular weight is 206 g/mol. The van der Waals surface area contributed by atoms with Crippen LogP contribution in [0.25, 0.3) is 0 Å². The predicted molar refractivity (Wildman–Crippen MR) is 53.1 cm³/mol. The number of nitrogens with one attached hydrogen (secondary N) is 2. The summed E-state index contributed by atoms with van der Waals surface area (Å²) in [6.07, 6.45) is 2.38. The third kappa shape index (κ3) is 3.62. The Morgan fingerprint density at radius 3 is 2.54 bits per heavy atom. The van der Waals surface area contributed by atoms with Crippen molar-refractivity contribution in [3.63, 3.8) is 0 Å². The van der Waals surface area contributed by atoms with Crippen molar-refractivity contribution < 1.29 is 8.42 Å². The lowest BCUT2D eigenvalue weighted by molar-refractivity contribution is 0.559. The van der Waals surface area contributed by atoms with E-state index in [9.17, 15) is 8.42 Å². The van der Waals surface area contributed by atoms with Gasteiger partial charge in [-0.3, -0.25) is 0 Å². The lowest BCUT2D eigenvalue weighted by Crippen LogP contribution is -2.39. The molecule has 1 unspecified atom stereocenters. The van der Waals surface area contributed by atoms with E-state index >= 15 is 0 Å². The molecule has 4 nitrogen and oxygen atoms in total. The van der Waals surface area contributed by atoms with Crippen LogP contribution in [-0.4, -0.2) is 32.8 Å². The zero-order valence-corrected chi connectivity index (χ0v) is 9.02. The van der Waals surface area contributed by atoms with Crippen LogP contribution in [0.5, 0.6) is 0 Å². The quantitative estimate of drug-likeness (QED) is 0.646. The van der Waals surface area contributed by atoms with Gasteiger partial charge in [0.05, 0.1) is 5.25 Å². The predicted octanol–water partition coefficient (Wildman–Crippen LogP) is 0.0662. The molecule has 0 amide bonds. The summed E-state index contributed by atoms with van der Waals surface area (Å²) >= 11 is 0. The molecule has 5 heteroatoms. The Balaban J connectivity index is 2.30. The number of hydrogen-bond acceptors (Lipinski definition) is 3. The van der Waals surface area contributed by atoms with Crippen LogP contribution in [0.4, 0.5) is 0 Å². The first-order valence-corrected chi connectivity index (χ1v) is 6.32. The van der Waals surface area contributed by atoms with Crippen molar-refractivity contribution in [1.29, 1.82) is 0 Å². The van der Waals surface area contributed by atoms with Crippen molar-refractivity contribution in [2.75, 3.05) is 13.1 Å². The van der Waals surface area contributed by atoms with Crippen molar-refractivity contribution in [3.8, 4) is 0 Å². The summed E-state index contributed by atoms with van der Waals surface area (Å²) in [5.41, 5.74) is 0. The smallest absolute Gasteiger partial charge is 0.215 e. The summed E-state index contributed by atoms with van der Waals surface area (Å²) < 4.78 is 25.3. The van der Waals surface area contributed by atoms with Gasteiger partial charge in [-0.2, -0.15) is 0 Å². The fraction of sp³-hybridized carbons (Fsp3) is 1.00. The first kappa shape index (κ1) is 10.9. The Kier molecular flexibility index (Phi) is 3.70. The van der Waals surface area contributed by atoms with Gasteiger partial charge in [-0.15, -0.1) is 0 Å². The minimum atomic E-state index is -3.09. The third-order valence-electron chi connectivity index (χ3n) is 2.15. The van der Waals surface area contributed by atoms with Crippen molar-refractivity contribution in [1.82, 2.24) is 10.0 Å². The van der Waals surface area contributed by atoms with Crippen LogP contribution in [0.1, 0.15) is 26.7 Å². The van der Waals surface area contributed by atoms with E-state index in [4.69, 9.17) is 0 Å². The summed E-state index contributed by atoms with van der Waals surface area (Å²) in [7, 11) is -3.09. The maximum atomic E-state index is 11.4. The highest BCUT2D eigenvalue weighted by molar-refractivity contribution is 7.90. The van der Waals surface area contributed by atoms with E-state index in [0.29, 0.717) is 19.1 Å². The second-order valence-electron chi connectivity index (χ2n) is 3.54. The van der Waals surface area contributed by atoms with E-state index in [1.54, 1.807) is 13.8 Å². The molecule has 0 aliphatic heterocycles. The molecule has 1 fully saturated rings. The lowest BCUT2D eigenvalue weighted by Gasteiger charge is -2.13. The second-order valence-corrected chi connectivity index (χ2v) is 5.72. The third-order valence-corrected chi connectivity index (χ3v) is 4.06. The van der Waals surface area contributed by atoms with Gasteiger partial charge in [0.2, 0.25) is 10.0 Å². The molecule has 13 heavy (non-hydrogen) atoms. The Morgan fingerprint density at radius 2 is 2.08 bits per heavy atom. The average Bonchev–Trinajstić information content (AvgIpc) is 2.83. The highest BCUT2D eigenvalue weighted by atomic mass is 32.2. The molecule has 1 aliphatic rings. The molecule has 0 radical (unpaired) electrons. The van der Waals surface area contributed by atoms with Crippen molar-refractivity contribution in [2.24, 2.45) is 0 Å². The lowest BCUT2D eigenvalue weighted by atomic mass is 10.4. The van der Waals surface area contributed by atoms with Crippen LogP contribution < -0.4 is 10.0 Å². The summed E-state index contributed by atoms with van der Waals surface area (Å²) in [6, 6.07) is 0.569. The van der Waals surface area contributed by atoms with Crippen LogP contribution in [0.15, 0.2) is 0 Å². The Bertz CT molecular complexity index is 247. The van der Waals surface area contributed by atoms with Gasteiger partial charge in [0.15, 0.2) is 0 Å². The maximum absolute atomic E-state index is 11.4. The van der Waals surface area contributed by atoms with Gasteiger partial charge in [-0.25, -0.2) is 13.1 Å². The molecule has 78 valence electrons. The molecule has 0 aromatic rings. The minimum absolute atomic E-state index is 0.340. The standard InChI is InChI=1S/C8H18N2O2S/c1-3-10-13(11,12)7(2)6-9-8-4-5-8/h7-10H,3-6H2,1-2H3. The van der Waals surface area contributed by atoms with Gasteiger partial charge in [0.25, 0.3) is 0 Å². The largest absolute Gasteiger partial charge is 0.313 e. The van der Waals surface area contributed by atoms with E-state index in [1.165, 1.54) is 12.8 Å². The molecule has 1 atom stereocenters. The first-order chi connectivity index (χ1) is 6.06. The molecule has 0 bridgehead atoms. The van der Waals surface area contributed by atoms with Crippen LogP contribution in [0.2, 0.25) is 0 Å². The van der Waals surface area contributed by atoms with Gasteiger partial charge in [0, 0.05) is 19.1 Å². The van der Waals surface area contributed by atoms with Crippen molar-refractivity contribution in [3.05, 3.63) is 0 Å². The van der Waals surface area contributed by atoms with Crippen molar-refractivity contribution in [2.45, 2.75) is 38.0 Å². The molecule has 0 saturated heterocycles. The van der Waals surface area contributed by atoms with E-state index in [2.05, 4.69) is 10.0 Å². The van der Waals surface area contributed by atoms with E-state index in [-0.39, 0.29) is 5.25 Å². The zero-order valence-electron chi connectivity index (χ0n) is 8.21. The molecule has 0 aromatic heterocycles. The van der Waals surface area contributed by atoms with E-state index in [0.717, 1.165) is 0 Å². The molecular weight excluding hydrogens is 188 g/mol. The van der Waals surface area contributed by atoms with E-state index in [1.807, 2.05) is 0 Å². The highest BCUT2D eigenvalue weighted by Gasteiger charge is 2.24. The molecule has 0 spiro atoms. The fourth-order valence-corrected chi connectivity index (χ4v) is 2.08. The summed E-state index contributed by atoms with van der Waals surface area (Å²) in [4.78, 5) is 0. The first-order valence-electron chi connectivity index (χ1n) is 4.78. The fourth-order valence-electron chi connectivity index (χ4n) is 1.07. The molecule has 0 aromatic carbocycles. The van der Waals surface area contributed by atoms with Crippen molar-refractivity contribution >= 4 is 10.0 Å². The summed E-state index contributed by atoms with van der Waals surface area (Å²) in [5.74, 6) is 0. The van der Waals surface area contributed by atoms with Gasteiger partial charge >= 0.3 is 0 Å². The molecular formula is C8H18N2O2S. The Hall–Kier alpha value is -0.130. The molecule has 2 N–H and O–H groups in total. The van der Waals surface area contributed by atoms with Gasteiger partial charge in [-0.05, 0) is 19.8 Å². The van der Waals surface area contributed by atoms with E-state index < -0.39 is 10.0 Å². The SMILES string of the molecule is CCNS(=O)(=O)C(C)CNC1CC1. The maximum Gasteiger partial charge on any atom is 0.215 e. The molecule has 0 heterocycles. The van der Waals surface area contributed by atoms with Crippen LogP contribution in [-0.2, 0) is 10.0 Å². The van der Waals surface area contributed by atoms with Gasteiger partial charge < -0.3 is 5.32 Å². The van der Waals surface area contributed by atoms with Crippen LogP contribution in [0, 0.1) is 0 Å². The summed E-state index contributed by atoms with van der Waals surface area (Å²) in [6.45, 7) is 4.54. The monoisotopic (exact) mass is 206 g/mol. The van der Waals surface area contributed by atoms with Crippen LogP contribution in [0.3, 0.4) is 0 Å². The second kappa shape index (κ2) is 4.39.